The summed E-state index contributed by atoms with van der Waals surface area (Å²) in [6.45, 7) is 7.80. The molecule has 3 aromatic carbocycles. The molecule has 0 aliphatic rings. The highest BCUT2D eigenvalue weighted by Crippen LogP contribution is 2.29. The second kappa shape index (κ2) is 15.4. The summed E-state index contributed by atoms with van der Waals surface area (Å²) in [5, 5.41) is 3.61. The van der Waals surface area contributed by atoms with Crippen molar-refractivity contribution in [2.75, 3.05) is 17.4 Å². The molecule has 0 saturated heterocycles. The first-order valence-electron chi connectivity index (χ1n) is 14.2. The average molecular weight is 633 g/mol. The number of carbonyl (C=O) groups excluding carboxylic acids is 2. The quantitative estimate of drug-likeness (QED) is 0.193. The number of nitrogens with one attached hydrogen (secondary N) is 1. The Bertz CT molecular complexity index is 1430. The first-order chi connectivity index (χ1) is 20.0. The summed E-state index contributed by atoms with van der Waals surface area (Å²) in [7, 11) is -4.14. The fourth-order valence-electron chi connectivity index (χ4n) is 4.55. The van der Waals surface area contributed by atoms with Crippen LogP contribution in [0.4, 0.5) is 5.69 Å². The molecule has 2 amide bonds. The summed E-state index contributed by atoms with van der Waals surface area (Å²) in [4.78, 5) is 29.0. The van der Waals surface area contributed by atoms with Gasteiger partial charge in [-0.15, -0.1) is 0 Å². The highest BCUT2D eigenvalue weighted by Gasteiger charge is 2.34. The zero-order valence-corrected chi connectivity index (χ0v) is 26.8. The molecule has 0 heterocycles. The summed E-state index contributed by atoms with van der Waals surface area (Å²) < 4.78 is 29.0. The van der Waals surface area contributed by atoms with E-state index in [4.69, 9.17) is 23.2 Å². The largest absolute Gasteiger partial charge is 0.354 e. The molecule has 1 atom stereocenters. The van der Waals surface area contributed by atoms with Gasteiger partial charge < -0.3 is 10.2 Å². The summed E-state index contributed by atoms with van der Waals surface area (Å²) in [5.74, 6) is -0.635. The van der Waals surface area contributed by atoms with E-state index in [0.717, 1.165) is 22.7 Å². The van der Waals surface area contributed by atoms with Gasteiger partial charge in [-0.05, 0) is 60.7 Å². The maximum Gasteiger partial charge on any atom is 0.264 e. The monoisotopic (exact) mass is 631 g/mol. The summed E-state index contributed by atoms with van der Waals surface area (Å²) in [5.41, 5.74) is 1.85. The van der Waals surface area contributed by atoms with Crippen LogP contribution in [-0.4, -0.2) is 44.3 Å². The lowest BCUT2D eigenvalue weighted by atomic mass is 10.0. The van der Waals surface area contributed by atoms with E-state index in [1.807, 2.05) is 39.8 Å². The van der Waals surface area contributed by atoms with E-state index in [0.29, 0.717) is 34.3 Å². The molecule has 226 valence electrons. The summed E-state index contributed by atoms with van der Waals surface area (Å²) in [6.07, 6.45) is 2.00. The molecule has 0 aromatic heterocycles. The van der Waals surface area contributed by atoms with Crippen molar-refractivity contribution in [1.82, 2.24) is 10.2 Å². The zero-order valence-electron chi connectivity index (χ0n) is 24.5. The van der Waals surface area contributed by atoms with Crippen LogP contribution in [0.1, 0.15) is 64.0 Å². The average Bonchev–Trinajstić information content (AvgIpc) is 2.97. The topological polar surface area (TPSA) is 86.8 Å². The van der Waals surface area contributed by atoms with E-state index >= 15 is 0 Å². The number of anilines is 1. The number of hydrogen-bond acceptors (Lipinski definition) is 4. The third-order valence-corrected chi connectivity index (χ3v) is 9.56. The molecule has 0 bridgehead atoms. The van der Waals surface area contributed by atoms with Crippen LogP contribution in [0.2, 0.25) is 10.0 Å². The van der Waals surface area contributed by atoms with E-state index in [-0.39, 0.29) is 23.3 Å². The Hall–Kier alpha value is -3.07. The van der Waals surface area contributed by atoms with Crippen molar-refractivity contribution in [3.63, 3.8) is 0 Å². The van der Waals surface area contributed by atoms with E-state index < -0.39 is 28.5 Å². The smallest absolute Gasteiger partial charge is 0.264 e. The molecular weight excluding hydrogens is 593 g/mol. The van der Waals surface area contributed by atoms with Gasteiger partial charge in [0.2, 0.25) is 11.8 Å². The number of sulfonamides is 1. The minimum Gasteiger partial charge on any atom is -0.354 e. The molecule has 10 heteroatoms. The van der Waals surface area contributed by atoms with Crippen LogP contribution in [0.15, 0.2) is 77.7 Å². The maximum absolute atomic E-state index is 14.2. The number of rotatable bonds is 14. The number of unbranched alkanes of at least 4 members (excludes halogenated alkanes) is 1. The van der Waals surface area contributed by atoms with E-state index in [1.165, 1.54) is 17.0 Å². The fraction of sp³-hybridized carbons (Fsp3) is 0.375. The summed E-state index contributed by atoms with van der Waals surface area (Å²) in [6, 6.07) is 19.2. The van der Waals surface area contributed by atoms with Gasteiger partial charge in [0, 0.05) is 28.7 Å². The molecule has 1 N–H and O–H groups in total. The van der Waals surface area contributed by atoms with Gasteiger partial charge in [0.1, 0.15) is 12.6 Å². The Morgan fingerprint density at radius 3 is 2.05 bits per heavy atom. The molecule has 0 aliphatic heterocycles. The van der Waals surface area contributed by atoms with Crippen LogP contribution in [0, 0.1) is 0 Å². The van der Waals surface area contributed by atoms with Crippen LogP contribution >= 0.6 is 23.2 Å². The van der Waals surface area contributed by atoms with Gasteiger partial charge in [0.25, 0.3) is 10.0 Å². The third kappa shape index (κ3) is 8.27. The Kier molecular flexibility index (Phi) is 12.3. The number of hydrogen-bond donors (Lipinski definition) is 1. The van der Waals surface area contributed by atoms with Crippen LogP contribution in [0.25, 0.3) is 0 Å². The van der Waals surface area contributed by atoms with E-state index in [9.17, 15) is 18.0 Å². The molecule has 3 aromatic rings. The zero-order chi connectivity index (χ0) is 30.9. The second-order valence-corrected chi connectivity index (χ2v) is 13.0. The summed E-state index contributed by atoms with van der Waals surface area (Å²) >= 11 is 12.9. The van der Waals surface area contributed by atoms with Crippen LogP contribution in [0.3, 0.4) is 0 Å². The number of amides is 2. The Labute approximate surface area is 259 Å². The van der Waals surface area contributed by atoms with Crippen molar-refractivity contribution in [2.24, 2.45) is 0 Å². The highest BCUT2D eigenvalue weighted by molar-refractivity contribution is 7.92. The van der Waals surface area contributed by atoms with Crippen LogP contribution in [-0.2, 0) is 26.2 Å². The molecule has 0 aliphatic carbocycles. The molecule has 0 spiro atoms. The van der Waals surface area contributed by atoms with E-state index in [2.05, 4.69) is 5.32 Å². The Balaban J connectivity index is 2.08. The van der Waals surface area contributed by atoms with E-state index in [1.54, 1.807) is 48.5 Å². The van der Waals surface area contributed by atoms with Crippen molar-refractivity contribution >= 4 is 50.7 Å². The predicted molar refractivity (Wildman–Crippen MR) is 171 cm³/mol. The van der Waals surface area contributed by atoms with Crippen molar-refractivity contribution in [3.05, 3.63) is 94.0 Å². The number of benzene rings is 3. The minimum absolute atomic E-state index is 0.0517. The number of halogens is 2. The van der Waals surface area contributed by atoms with Crippen molar-refractivity contribution < 1.29 is 18.0 Å². The lowest BCUT2D eigenvalue weighted by molar-refractivity contribution is -0.140. The minimum atomic E-state index is -4.14. The van der Waals surface area contributed by atoms with Gasteiger partial charge in [-0.1, -0.05) is 93.7 Å². The molecule has 0 fully saturated rings. The Morgan fingerprint density at radius 2 is 1.50 bits per heavy atom. The lowest BCUT2D eigenvalue weighted by Crippen LogP contribution is -2.52. The molecule has 0 unspecified atom stereocenters. The van der Waals surface area contributed by atoms with Crippen molar-refractivity contribution in [1.29, 1.82) is 0 Å². The normalized spacial score (nSPS) is 12.2. The molecule has 42 heavy (non-hydrogen) atoms. The Morgan fingerprint density at radius 1 is 0.881 bits per heavy atom. The first kappa shape index (κ1) is 33.4. The van der Waals surface area contributed by atoms with Crippen LogP contribution < -0.4 is 9.62 Å². The predicted octanol–water partition coefficient (Wildman–Crippen LogP) is 7.04. The molecule has 3 rings (SSSR count). The third-order valence-electron chi connectivity index (χ3n) is 7.06. The SMILES string of the molecule is CCCCNC(=O)[C@H](CC)N(Cc1c(Cl)cccc1Cl)C(=O)CN(c1ccc(C(C)C)cc1)S(=O)(=O)c1ccccc1. The number of carbonyl (C=O) groups is 2. The molecule has 0 radical (unpaired) electrons. The first-order valence-corrected chi connectivity index (χ1v) is 16.4. The maximum atomic E-state index is 14.2. The van der Waals surface area contributed by atoms with Gasteiger partial charge in [-0.2, -0.15) is 0 Å². The van der Waals surface area contributed by atoms with Gasteiger partial charge in [-0.25, -0.2) is 8.42 Å². The van der Waals surface area contributed by atoms with Crippen molar-refractivity contribution in [2.45, 2.75) is 70.4 Å². The van der Waals surface area contributed by atoms with Gasteiger partial charge in [0.05, 0.1) is 10.6 Å². The number of nitrogens with zero attached hydrogens (tertiary/aromatic N) is 2. The van der Waals surface area contributed by atoms with Gasteiger partial charge in [-0.3, -0.25) is 13.9 Å². The van der Waals surface area contributed by atoms with Crippen molar-refractivity contribution in [3.8, 4) is 0 Å². The fourth-order valence-corrected chi connectivity index (χ4v) is 6.51. The van der Waals surface area contributed by atoms with Gasteiger partial charge in [0.15, 0.2) is 0 Å². The van der Waals surface area contributed by atoms with Crippen LogP contribution in [0.5, 0.6) is 0 Å². The lowest BCUT2D eigenvalue weighted by Gasteiger charge is -2.33. The molecular formula is C32H39Cl2N3O4S. The molecule has 7 nitrogen and oxygen atoms in total. The van der Waals surface area contributed by atoms with Gasteiger partial charge >= 0.3 is 0 Å². The standard InChI is InChI=1S/C32H39Cl2N3O4S/c1-5-7-20-35-32(39)30(6-2)36(21-27-28(33)14-11-15-29(27)34)31(38)22-37(25-18-16-24(17-19-25)23(3)4)42(40,41)26-12-9-8-10-13-26/h8-19,23,30H,5-7,20-22H2,1-4H3,(H,35,39)/t30-/m0/s1. The second-order valence-electron chi connectivity index (χ2n) is 10.4. The highest BCUT2D eigenvalue weighted by atomic mass is 35.5. The molecule has 0 saturated carbocycles.